The van der Waals surface area contributed by atoms with Gasteiger partial charge in [-0.3, -0.25) is 4.98 Å². The Kier molecular flexibility index (Phi) is 5.41. The van der Waals surface area contributed by atoms with Crippen LogP contribution in [-0.4, -0.2) is 41.6 Å². The standard InChI is InChI=1S/C21H24F2N4O/c22-19-4-3-18(11-20(19)23)26-10-7-16(13-26)12-25-21(28)27(17-1-2-17)14-15-5-8-24-9-6-15/h3-6,8-9,11,16-17H,1-2,7,10,12-14H2,(H,25,28). The second-order valence-electron chi connectivity index (χ2n) is 7.60. The summed E-state index contributed by atoms with van der Waals surface area (Å²) < 4.78 is 26.6. The number of nitrogens with zero attached hydrogens (tertiary/aromatic N) is 3. The molecule has 1 N–H and O–H groups in total. The molecule has 1 aromatic heterocycles. The van der Waals surface area contributed by atoms with Gasteiger partial charge >= 0.3 is 6.03 Å². The minimum atomic E-state index is -0.832. The Hall–Kier alpha value is -2.70. The van der Waals surface area contributed by atoms with E-state index in [1.807, 2.05) is 21.9 Å². The summed E-state index contributed by atoms with van der Waals surface area (Å²) in [7, 11) is 0. The lowest BCUT2D eigenvalue weighted by Gasteiger charge is -2.24. The fourth-order valence-corrected chi connectivity index (χ4v) is 3.69. The predicted molar refractivity (Wildman–Crippen MR) is 103 cm³/mol. The minimum absolute atomic E-state index is 0.0365. The van der Waals surface area contributed by atoms with Gasteiger partial charge in [0.1, 0.15) is 0 Å². The summed E-state index contributed by atoms with van der Waals surface area (Å²) in [6.07, 6.45) is 6.48. The zero-order valence-corrected chi connectivity index (χ0v) is 15.7. The maximum atomic E-state index is 13.5. The van der Waals surface area contributed by atoms with Gasteiger partial charge in [0.25, 0.3) is 0 Å². The molecule has 28 heavy (non-hydrogen) atoms. The Morgan fingerprint density at radius 1 is 1.14 bits per heavy atom. The van der Waals surface area contributed by atoms with Crippen LogP contribution in [0.5, 0.6) is 0 Å². The monoisotopic (exact) mass is 386 g/mol. The molecule has 1 saturated carbocycles. The lowest BCUT2D eigenvalue weighted by Crippen LogP contribution is -2.43. The van der Waals surface area contributed by atoms with Crippen molar-refractivity contribution in [1.29, 1.82) is 0 Å². The number of pyridine rings is 1. The van der Waals surface area contributed by atoms with Crippen LogP contribution in [0.25, 0.3) is 0 Å². The van der Waals surface area contributed by atoms with Gasteiger partial charge in [0, 0.05) is 56.4 Å². The molecule has 2 amide bonds. The van der Waals surface area contributed by atoms with Crippen LogP contribution in [0.2, 0.25) is 0 Å². The van der Waals surface area contributed by atoms with E-state index in [0.717, 1.165) is 44.0 Å². The van der Waals surface area contributed by atoms with Crippen molar-refractivity contribution >= 4 is 11.7 Å². The number of anilines is 1. The van der Waals surface area contributed by atoms with Crippen LogP contribution in [0.4, 0.5) is 19.3 Å². The molecule has 1 aromatic carbocycles. The quantitative estimate of drug-likeness (QED) is 0.826. The average Bonchev–Trinajstić information content (AvgIpc) is 3.44. The van der Waals surface area contributed by atoms with Gasteiger partial charge in [0.15, 0.2) is 11.6 Å². The number of nitrogens with one attached hydrogen (secondary N) is 1. The fourth-order valence-electron chi connectivity index (χ4n) is 3.69. The third kappa shape index (κ3) is 4.40. The molecule has 0 spiro atoms. The first-order valence-electron chi connectivity index (χ1n) is 9.73. The van der Waals surface area contributed by atoms with Crippen LogP contribution in [0, 0.1) is 17.6 Å². The van der Waals surface area contributed by atoms with Gasteiger partial charge in [-0.05, 0) is 55.0 Å². The zero-order chi connectivity index (χ0) is 19.5. The van der Waals surface area contributed by atoms with Gasteiger partial charge < -0.3 is 15.1 Å². The van der Waals surface area contributed by atoms with Crippen LogP contribution in [0.15, 0.2) is 42.7 Å². The van der Waals surface area contributed by atoms with Crippen molar-refractivity contribution in [3.63, 3.8) is 0 Å². The van der Waals surface area contributed by atoms with E-state index in [-0.39, 0.29) is 6.03 Å². The van der Waals surface area contributed by atoms with Crippen molar-refractivity contribution < 1.29 is 13.6 Å². The molecule has 1 atom stereocenters. The number of halogens is 2. The van der Waals surface area contributed by atoms with Crippen LogP contribution >= 0.6 is 0 Å². The van der Waals surface area contributed by atoms with Crippen LogP contribution < -0.4 is 10.2 Å². The first-order valence-corrected chi connectivity index (χ1v) is 9.73. The molecule has 1 unspecified atom stereocenters. The molecule has 1 saturated heterocycles. The Bertz CT molecular complexity index is 828. The third-order valence-corrected chi connectivity index (χ3v) is 5.45. The maximum absolute atomic E-state index is 13.5. The van der Waals surface area contributed by atoms with Crippen molar-refractivity contribution in [1.82, 2.24) is 15.2 Å². The van der Waals surface area contributed by atoms with Gasteiger partial charge in [0.05, 0.1) is 0 Å². The summed E-state index contributed by atoms with van der Waals surface area (Å²) >= 11 is 0. The lowest BCUT2D eigenvalue weighted by molar-refractivity contribution is 0.190. The van der Waals surface area contributed by atoms with Crippen LogP contribution in [0.1, 0.15) is 24.8 Å². The molecule has 2 heterocycles. The molecule has 2 fully saturated rings. The number of benzene rings is 1. The number of amides is 2. The van der Waals surface area contributed by atoms with Crippen molar-refractivity contribution in [2.45, 2.75) is 31.8 Å². The van der Waals surface area contributed by atoms with E-state index in [9.17, 15) is 13.6 Å². The Labute approximate surface area is 163 Å². The molecule has 2 aromatic rings. The number of hydrogen-bond acceptors (Lipinski definition) is 3. The highest BCUT2D eigenvalue weighted by molar-refractivity contribution is 5.75. The summed E-state index contributed by atoms with van der Waals surface area (Å²) in [5, 5.41) is 3.07. The first kappa shape index (κ1) is 18.7. The minimum Gasteiger partial charge on any atom is -0.371 e. The van der Waals surface area contributed by atoms with E-state index in [1.165, 1.54) is 6.07 Å². The second kappa shape index (κ2) is 8.12. The fraction of sp³-hybridized carbons (Fsp3) is 0.429. The molecule has 5 nitrogen and oxygen atoms in total. The second-order valence-corrected chi connectivity index (χ2v) is 7.60. The first-order chi connectivity index (χ1) is 13.6. The largest absolute Gasteiger partial charge is 0.371 e. The van der Waals surface area contributed by atoms with E-state index >= 15 is 0 Å². The molecule has 148 valence electrons. The molecule has 4 rings (SSSR count). The van der Waals surface area contributed by atoms with Crippen LogP contribution in [0.3, 0.4) is 0 Å². The predicted octanol–water partition coefficient (Wildman–Crippen LogP) is 3.56. The highest BCUT2D eigenvalue weighted by Gasteiger charge is 2.33. The number of hydrogen-bond donors (Lipinski definition) is 1. The highest BCUT2D eigenvalue weighted by atomic mass is 19.2. The molecule has 0 bridgehead atoms. The van der Waals surface area contributed by atoms with Gasteiger partial charge in [-0.25, -0.2) is 13.6 Å². The molecule has 0 radical (unpaired) electrons. The maximum Gasteiger partial charge on any atom is 0.317 e. The lowest BCUT2D eigenvalue weighted by atomic mass is 10.1. The van der Waals surface area contributed by atoms with Gasteiger partial charge in [-0.1, -0.05) is 0 Å². The number of rotatable bonds is 6. The molecule has 1 aliphatic heterocycles. The van der Waals surface area contributed by atoms with E-state index in [0.29, 0.717) is 30.7 Å². The van der Waals surface area contributed by atoms with Crippen molar-refractivity contribution in [3.8, 4) is 0 Å². The Balaban J connectivity index is 1.30. The summed E-state index contributed by atoms with van der Waals surface area (Å²) in [6, 6.07) is 8.13. The Morgan fingerprint density at radius 2 is 1.93 bits per heavy atom. The number of carbonyl (C=O) groups excluding carboxylic acids is 1. The zero-order valence-electron chi connectivity index (χ0n) is 15.7. The number of urea groups is 1. The normalized spacial score (nSPS) is 18.9. The summed E-state index contributed by atoms with van der Waals surface area (Å²) in [4.78, 5) is 20.7. The van der Waals surface area contributed by atoms with Gasteiger partial charge in [-0.2, -0.15) is 0 Å². The molecular formula is C21H24F2N4O. The molecule has 7 heteroatoms. The van der Waals surface area contributed by atoms with E-state index < -0.39 is 11.6 Å². The van der Waals surface area contributed by atoms with E-state index in [2.05, 4.69) is 10.3 Å². The molecule has 1 aliphatic carbocycles. The van der Waals surface area contributed by atoms with Crippen molar-refractivity contribution in [2.75, 3.05) is 24.5 Å². The molecule has 2 aliphatic rings. The Morgan fingerprint density at radius 3 is 2.64 bits per heavy atom. The molecular weight excluding hydrogens is 362 g/mol. The van der Waals surface area contributed by atoms with Crippen LogP contribution in [-0.2, 0) is 6.54 Å². The summed E-state index contributed by atoms with van der Waals surface area (Å²) in [5.41, 5.74) is 1.76. The smallest absolute Gasteiger partial charge is 0.317 e. The van der Waals surface area contributed by atoms with E-state index in [1.54, 1.807) is 18.5 Å². The highest BCUT2D eigenvalue weighted by Crippen LogP contribution is 2.29. The number of carbonyl (C=O) groups is 1. The van der Waals surface area contributed by atoms with Gasteiger partial charge in [-0.15, -0.1) is 0 Å². The SMILES string of the molecule is O=C(NCC1CCN(c2ccc(F)c(F)c2)C1)N(Cc1ccncc1)C1CC1. The summed E-state index contributed by atoms with van der Waals surface area (Å²) in [5.74, 6) is -1.37. The van der Waals surface area contributed by atoms with Crippen molar-refractivity contribution in [2.24, 2.45) is 5.92 Å². The number of aromatic nitrogens is 1. The topological polar surface area (TPSA) is 48.5 Å². The van der Waals surface area contributed by atoms with Crippen molar-refractivity contribution in [3.05, 3.63) is 59.9 Å². The third-order valence-electron chi connectivity index (χ3n) is 5.45. The van der Waals surface area contributed by atoms with E-state index in [4.69, 9.17) is 0 Å². The average molecular weight is 386 g/mol. The van der Waals surface area contributed by atoms with Gasteiger partial charge in [0.2, 0.25) is 0 Å². The summed E-state index contributed by atoms with van der Waals surface area (Å²) in [6.45, 7) is 2.66.